The molecule has 0 radical (unpaired) electrons. The van der Waals surface area contributed by atoms with Gasteiger partial charge in [-0.1, -0.05) is 0 Å². The zero-order valence-electron chi connectivity index (χ0n) is 7.75. The highest BCUT2D eigenvalue weighted by atomic mass is 32.2. The average Bonchev–Trinajstić information content (AvgIpc) is 2.04. The first-order valence-corrected chi connectivity index (χ1v) is 7.38. The highest BCUT2D eigenvalue weighted by Crippen LogP contribution is 2.09. The van der Waals surface area contributed by atoms with E-state index in [-0.39, 0.29) is 0 Å². The number of nitrogens with one attached hydrogen (secondary N) is 2. The van der Waals surface area contributed by atoms with Crippen molar-refractivity contribution in [2.24, 2.45) is 0 Å². The van der Waals surface area contributed by atoms with E-state index < -0.39 is 10.0 Å². The van der Waals surface area contributed by atoms with E-state index >= 15 is 0 Å². The maximum Gasteiger partial charge on any atom is 0.208 e. The third-order valence-electron chi connectivity index (χ3n) is 1.86. The van der Waals surface area contributed by atoms with Crippen LogP contribution in [0.3, 0.4) is 0 Å². The van der Waals surface area contributed by atoms with Gasteiger partial charge in [0.25, 0.3) is 0 Å². The second kappa shape index (κ2) is 5.19. The van der Waals surface area contributed by atoms with Gasteiger partial charge in [0.2, 0.25) is 10.0 Å². The van der Waals surface area contributed by atoms with E-state index in [0.717, 1.165) is 24.5 Å². The molecule has 0 aromatic rings. The van der Waals surface area contributed by atoms with Gasteiger partial charge >= 0.3 is 0 Å². The second-order valence-corrected chi connectivity index (χ2v) is 6.16. The molecule has 1 unspecified atom stereocenters. The fraction of sp³-hybridized carbons (Fsp3) is 1.00. The van der Waals surface area contributed by atoms with Gasteiger partial charge in [-0.05, 0) is 6.42 Å². The van der Waals surface area contributed by atoms with Gasteiger partial charge in [0.05, 0.1) is 6.26 Å². The molecular formula is C7H16N2O2S2. The Morgan fingerprint density at radius 2 is 2.38 bits per heavy atom. The topological polar surface area (TPSA) is 58.2 Å². The summed E-state index contributed by atoms with van der Waals surface area (Å²) in [6.45, 7) is 1.57. The Kier molecular flexibility index (Phi) is 4.51. The van der Waals surface area contributed by atoms with Gasteiger partial charge in [0, 0.05) is 30.6 Å². The minimum absolute atomic E-state index is 0.466. The fourth-order valence-electron chi connectivity index (χ4n) is 1.22. The standard InChI is InChI=1S/C7H16N2O2S2/c1-13(10,11)9-3-2-7-6-12-5-4-8-7/h7-9H,2-6H2,1H3. The molecule has 0 saturated carbocycles. The molecule has 0 aromatic heterocycles. The first-order valence-electron chi connectivity index (χ1n) is 4.34. The van der Waals surface area contributed by atoms with Crippen LogP contribution in [0.1, 0.15) is 6.42 Å². The van der Waals surface area contributed by atoms with Crippen LogP contribution in [-0.4, -0.2) is 45.3 Å². The van der Waals surface area contributed by atoms with Gasteiger partial charge in [-0.15, -0.1) is 0 Å². The van der Waals surface area contributed by atoms with Crippen LogP contribution >= 0.6 is 11.8 Å². The Hall–Kier alpha value is 0.220. The molecule has 0 spiro atoms. The summed E-state index contributed by atoms with van der Waals surface area (Å²) < 4.78 is 24.0. The van der Waals surface area contributed by atoms with Gasteiger partial charge < -0.3 is 5.32 Å². The zero-order valence-corrected chi connectivity index (χ0v) is 9.38. The second-order valence-electron chi connectivity index (χ2n) is 3.18. The summed E-state index contributed by atoms with van der Waals surface area (Å²) >= 11 is 1.92. The molecule has 1 heterocycles. The van der Waals surface area contributed by atoms with Crippen molar-refractivity contribution < 1.29 is 8.42 Å². The van der Waals surface area contributed by atoms with Crippen molar-refractivity contribution in [1.82, 2.24) is 10.0 Å². The minimum atomic E-state index is -3.01. The zero-order chi connectivity index (χ0) is 9.73. The summed E-state index contributed by atoms with van der Waals surface area (Å²) in [4.78, 5) is 0. The van der Waals surface area contributed by atoms with E-state index in [9.17, 15) is 8.42 Å². The number of rotatable bonds is 4. The predicted octanol–water partition coefficient (Wildman–Crippen LogP) is -0.369. The van der Waals surface area contributed by atoms with Gasteiger partial charge in [-0.3, -0.25) is 0 Å². The summed E-state index contributed by atoms with van der Waals surface area (Å²) in [7, 11) is -3.01. The van der Waals surface area contributed by atoms with Crippen molar-refractivity contribution >= 4 is 21.8 Å². The molecule has 13 heavy (non-hydrogen) atoms. The molecule has 0 bridgehead atoms. The molecule has 0 amide bonds. The molecule has 0 aromatic carbocycles. The fourth-order valence-corrected chi connectivity index (χ4v) is 2.71. The lowest BCUT2D eigenvalue weighted by Gasteiger charge is -2.22. The molecule has 0 aliphatic carbocycles. The lowest BCUT2D eigenvalue weighted by molar-refractivity contribution is 0.520. The summed E-state index contributed by atoms with van der Waals surface area (Å²) in [5.74, 6) is 2.25. The van der Waals surface area contributed by atoms with Crippen LogP contribution in [0, 0.1) is 0 Å². The molecule has 1 fully saturated rings. The van der Waals surface area contributed by atoms with Crippen LogP contribution < -0.4 is 10.0 Å². The minimum Gasteiger partial charge on any atom is -0.312 e. The molecule has 1 aliphatic heterocycles. The Bertz CT molecular complexity index is 235. The third kappa shape index (κ3) is 5.51. The highest BCUT2D eigenvalue weighted by Gasteiger charge is 2.12. The van der Waals surface area contributed by atoms with Gasteiger partial charge in [0.15, 0.2) is 0 Å². The number of hydrogen-bond acceptors (Lipinski definition) is 4. The first-order chi connectivity index (χ1) is 6.08. The maximum absolute atomic E-state index is 10.7. The lowest BCUT2D eigenvalue weighted by atomic mass is 10.2. The van der Waals surface area contributed by atoms with Crippen LogP contribution in [0.4, 0.5) is 0 Å². The Morgan fingerprint density at radius 3 is 2.92 bits per heavy atom. The number of hydrogen-bond donors (Lipinski definition) is 2. The molecule has 1 atom stereocenters. The van der Waals surface area contributed by atoms with Crippen molar-refractivity contribution in [2.45, 2.75) is 12.5 Å². The summed E-state index contributed by atoms with van der Waals surface area (Å²) in [5, 5.41) is 3.35. The molecule has 1 saturated heterocycles. The molecule has 78 valence electrons. The number of thioether (sulfide) groups is 1. The van der Waals surface area contributed by atoms with Crippen molar-refractivity contribution in [2.75, 3.05) is 30.9 Å². The van der Waals surface area contributed by atoms with Crippen LogP contribution in [0.15, 0.2) is 0 Å². The Balaban J connectivity index is 2.11. The predicted molar refractivity (Wildman–Crippen MR) is 56.6 cm³/mol. The van der Waals surface area contributed by atoms with E-state index in [4.69, 9.17) is 0 Å². The Morgan fingerprint density at radius 1 is 1.62 bits per heavy atom. The largest absolute Gasteiger partial charge is 0.312 e. The van der Waals surface area contributed by atoms with Crippen LogP contribution in [0.25, 0.3) is 0 Å². The van der Waals surface area contributed by atoms with Gasteiger partial charge in [0.1, 0.15) is 0 Å². The molecular weight excluding hydrogens is 208 g/mol. The molecule has 4 nitrogen and oxygen atoms in total. The van der Waals surface area contributed by atoms with Gasteiger partial charge in [-0.2, -0.15) is 11.8 Å². The van der Waals surface area contributed by atoms with Crippen molar-refractivity contribution in [3.05, 3.63) is 0 Å². The Labute approximate surface area is 83.9 Å². The molecule has 6 heteroatoms. The first kappa shape index (κ1) is 11.3. The van der Waals surface area contributed by atoms with Gasteiger partial charge in [-0.25, -0.2) is 13.1 Å². The van der Waals surface area contributed by atoms with Crippen LogP contribution in [-0.2, 0) is 10.0 Å². The number of sulfonamides is 1. The average molecular weight is 224 g/mol. The SMILES string of the molecule is CS(=O)(=O)NCCC1CSCCN1. The van der Waals surface area contributed by atoms with Crippen LogP contribution in [0.2, 0.25) is 0 Å². The summed E-state index contributed by atoms with van der Waals surface area (Å²) in [5.41, 5.74) is 0. The van der Waals surface area contributed by atoms with E-state index in [2.05, 4.69) is 10.0 Å². The molecule has 1 aliphatic rings. The van der Waals surface area contributed by atoms with Crippen LogP contribution in [0.5, 0.6) is 0 Å². The smallest absolute Gasteiger partial charge is 0.208 e. The quantitative estimate of drug-likeness (QED) is 0.684. The lowest BCUT2D eigenvalue weighted by Crippen LogP contribution is -2.39. The van der Waals surface area contributed by atoms with E-state index in [0.29, 0.717) is 12.6 Å². The van der Waals surface area contributed by atoms with E-state index in [1.54, 1.807) is 0 Å². The van der Waals surface area contributed by atoms with E-state index in [1.807, 2.05) is 11.8 Å². The normalized spacial score (nSPS) is 24.5. The highest BCUT2D eigenvalue weighted by molar-refractivity contribution is 7.99. The maximum atomic E-state index is 10.7. The molecule has 2 N–H and O–H groups in total. The summed E-state index contributed by atoms with van der Waals surface area (Å²) in [6.07, 6.45) is 2.07. The van der Waals surface area contributed by atoms with Crippen molar-refractivity contribution in [3.8, 4) is 0 Å². The monoisotopic (exact) mass is 224 g/mol. The molecule has 1 rings (SSSR count). The third-order valence-corrected chi connectivity index (χ3v) is 3.71. The van der Waals surface area contributed by atoms with E-state index in [1.165, 1.54) is 6.26 Å². The summed E-state index contributed by atoms with van der Waals surface area (Å²) in [6, 6.07) is 0.466. The van der Waals surface area contributed by atoms with Crippen molar-refractivity contribution in [3.63, 3.8) is 0 Å². The van der Waals surface area contributed by atoms with Crippen molar-refractivity contribution in [1.29, 1.82) is 0 Å².